The summed E-state index contributed by atoms with van der Waals surface area (Å²) in [6.45, 7) is 0. The zero-order valence-corrected chi connectivity index (χ0v) is 14.3. The Labute approximate surface area is 153 Å². The molecule has 1 amide bonds. The van der Waals surface area contributed by atoms with Gasteiger partial charge in [0.1, 0.15) is 0 Å². The molecule has 0 spiro atoms. The van der Waals surface area contributed by atoms with Gasteiger partial charge in [-0.05, 0) is 30.3 Å². The predicted octanol–water partition coefficient (Wildman–Crippen LogP) is 4.47. The first kappa shape index (κ1) is 17.6. The van der Waals surface area contributed by atoms with E-state index in [2.05, 4.69) is 10.3 Å². The number of carbonyl (C=O) groups excluding carboxylic acids is 1. The number of anilines is 1. The molecule has 1 aromatic heterocycles. The van der Waals surface area contributed by atoms with Gasteiger partial charge in [-0.15, -0.1) is 0 Å². The summed E-state index contributed by atoms with van der Waals surface area (Å²) >= 11 is 5.85. The molecule has 0 aliphatic heterocycles. The van der Waals surface area contributed by atoms with Crippen LogP contribution in [-0.4, -0.2) is 15.8 Å². The summed E-state index contributed by atoms with van der Waals surface area (Å²) < 4.78 is 5.64. The van der Waals surface area contributed by atoms with E-state index in [0.717, 1.165) is 5.56 Å². The van der Waals surface area contributed by atoms with Gasteiger partial charge in [-0.2, -0.15) is 0 Å². The van der Waals surface area contributed by atoms with E-state index in [1.807, 2.05) is 12.1 Å². The van der Waals surface area contributed by atoms with Gasteiger partial charge >= 0.3 is 0 Å². The second-order valence-electron chi connectivity index (χ2n) is 5.48. The van der Waals surface area contributed by atoms with Crippen molar-refractivity contribution in [1.82, 2.24) is 4.98 Å². The van der Waals surface area contributed by atoms with E-state index in [1.54, 1.807) is 24.4 Å². The number of carbonyl (C=O) groups is 1. The molecule has 0 fully saturated rings. The molecule has 1 heterocycles. The van der Waals surface area contributed by atoms with Gasteiger partial charge in [0.25, 0.3) is 5.69 Å². The van der Waals surface area contributed by atoms with Gasteiger partial charge in [0.2, 0.25) is 5.91 Å². The Morgan fingerprint density at radius 3 is 2.73 bits per heavy atom. The van der Waals surface area contributed by atoms with Gasteiger partial charge in [0, 0.05) is 41.2 Å². The zero-order valence-electron chi connectivity index (χ0n) is 13.5. The second kappa shape index (κ2) is 7.79. The molecule has 0 atom stereocenters. The molecule has 7 nitrogen and oxygen atoms in total. The van der Waals surface area contributed by atoms with Crippen LogP contribution >= 0.6 is 11.6 Å². The van der Waals surface area contributed by atoms with E-state index in [4.69, 9.17) is 16.0 Å². The molecule has 0 bridgehead atoms. The lowest BCUT2D eigenvalue weighted by molar-refractivity contribution is -0.384. The van der Waals surface area contributed by atoms with E-state index in [9.17, 15) is 14.9 Å². The number of nitro benzene ring substituents is 1. The molecule has 26 heavy (non-hydrogen) atoms. The third kappa shape index (κ3) is 4.46. The zero-order chi connectivity index (χ0) is 18.5. The molecule has 8 heteroatoms. The van der Waals surface area contributed by atoms with Gasteiger partial charge in [-0.1, -0.05) is 17.7 Å². The average Bonchev–Trinajstić information content (AvgIpc) is 3.10. The van der Waals surface area contributed by atoms with Crippen LogP contribution in [0.25, 0.3) is 11.3 Å². The van der Waals surface area contributed by atoms with Gasteiger partial charge in [-0.25, -0.2) is 4.98 Å². The van der Waals surface area contributed by atoms with Crippen LogP contribution in [0.2, 0.25) is 5.02 Å². The number of hydrogen-bond acceptors (Lipinski definition) is 5. The largest absolute Gasteiger partial charge is 0.441 e. The van der Waals surface area contributed by atoms with Gasteiger partial charge in [-0.3, -0.25) is 14.9 Å². The molecule has 132 valence electrons. The number of hydrogen-bond donors (Lipinski definition) is 1. The number of benzene rings is 2. The molecule has 0 aliphatic rings. The maximum Gasteiger partial charge on any atom is 0.271 e. The first-order valence-corrected chi connectivity index (χ1v) is 8.14. The van der Waals surface area contributed by atoms with Crippen molar-refractivity contribution in [3.8, 4) is 11.3 Å². The van der Waals surface area contributed by atoms with Crippen molar-refractivity contribution in [3.63, 3.8) is 0 Å². The van der Waals surface area contributed by atoms with Crippen molar-refractivity contribution in [2.24, 2.45) is 0 Å². The number of nitrogens with one attached hydrogen (secondary N) is 1. The molecular weight excluding hydrogens is 358 g/mol. The number of aromatic nitrogens is 1. The van der Waals surface area contributed by atoms with Crippen LogP contribution < -0.4 is 5.32 Å². The van der Waals surface area contributed by atoms with E-state index < -0.39 is 4.92 Å². The van der Waals surface area contributed by atoms with E-state index in [-0.39, 0.29) is 18.0 Å². The van der Waals surface area contributed by atoms with Crippen LogP contribution in [0.4, 0.5) is 11.4 Å². The van der Waals surface area contributed by atoms with Gasteiger partial charge in [0.15, 0.2) is 11.7 Å². The van der Waals surface area contributed by atoms with Crippen LogP contribution in [0.5, 0.6) is 0 Å². The molecule has 0 saturated carbocycles. The predicted molar refractivity (Wildman–Crippen MR) is 97.0 cm³/mol. The third-order valence-corrected chi connectivity index (χ3v) is 3.84. The van der Waals surface area contributed by atoms with Crippen molar-refractivity contribution in [2.45, 2.75) is 12.8 Å². The topological polar surface area (TPSA) is 98.3 Å². The highest BCUT2D eigenvalue weighted by molar-refractivity contribution is 6.30. The molecule has 0 radical (unpaired) electrons. The van der Waals surface area contributed by atoms with Crippen molar-refractivity contribution < 1.29 is 14.1 Å². The number of nitro groups is 1. The highest BCUT2D eigenvalue weighted by atomic mass is 35.5. The number of aryl methyl sites for hydroxylation is 1. The number of nitrogens with zero attached hydrogens (tertiary/aromatic N) is 2. The molecule has 3 rings (SSSR count). The number of non-ortho nitro benzene ring substituents is 1. The summed E-state index contributed by atoms with van der Waals surface area (Å²) in [6, 6.07) is 12.9. The lowest BCUT2D eigenvalue weighted by Crippen LogP contribution is -2.12. The standard InChI is InChI=1S/C18H14ClN3O4/c19-13-6-4-12(5-7-13)16-11-20-18(26-16)9-8-17(23)21-14-2-1-3-15(10-14)22(24)25/h1-7,10-11H,8-9H2,(H,21,23). The number of amides is 1. The SMILES string of the molecule is O=C(CCc1ncc(-c2ccc(Cl)cc2)o1)Nc1cccc([N+](=O)[O-])c1. The fraction of sp³-hybridized carbons (Fsp3) is 0.111. The van der Waals surface area contributed by atoms with E-state index in [0.29, 0.717) is 28.8 Å². The Morgan fingerprint density at radius 2 is 2.00 bits per heavy atom. The van der Waals surface area contributed by atoms with Crippen molar-refractivity contribution in [3.05, 3.63) is 75.8 Å². The Bertz CT molecular complexity index is 938. The minimum Gasteiger partial charge on any atom is -0.441 e. The Balaban J connectivity index is 1.57. The van der Waals surface area contributed by atoms with Crippen molar-refractivity contribution >= 4 is 28.9 Å². The fourth-order valence-electron chi connectivity index (χ4n) is 2.31. The molecular formula is C18H14ClN3O4. The number of oxazole rings is 1. The first-order valence-electron chi connectivity index (χ1n) is 7.76. The molecule has 1 N–H and O–H groups in total. The highest BCUT2D eigenvalue weighted by Crippen LogP contribution is 2.23. The van der Waals surface area contributed by atoms with Crippen molar-refractivity contribution in [2.75, 3.05) is 5.32 Å². The lowest BCUT2D eigenvalue weighted by atomic mass is 10.2. The monoisotopic (exact) mass is 371 g/mol. The normalized spacial score (nSPS) is 10.5. The van der Waals surface area contributed by atoms with Crippen LogP contribution in [0, 0.1) is 10.1 Å². The molecule has 0 saturated heterocycles. The summed E-state index contributed by atoms with van der Waals surface area (Å²) in [5.41, 5.74) is 1.13. The Kier molecular flexibility index (Phi) is 5.28. The van der Waals surface area contributed by atoms with E-state index in [1.165, 1.54) is 18.2 Å². The van der Waals surface area contributed by atoms with Crippen LogP contribution in [0.3, 0.4) is 0 Å². The Morgan fingerprint density at radius 1 is 1.23 bits per heavy atom. The molecule has 0 unspecified atom stereocenters. The second-order valence-corrected chi connectivity index (χ2v) is 5.92. The van der Waals surface area contributed by atoms with Crippen molar-refractivity contribution in [1.29, 1.82) is 0 Å². The average molecular weight is 372 g/mol. The number of rotatable bonds is 6. The summed E-state index contributed by atoms with van der Waals surface area (Å²) in [6.07, 6.45) is 2.05. The summed E-state index contributed by atoms with van der Waals surface area (Å²) in [4.78, 5) is 26.4. The molecule has 2 aromatic carbocycles. The highest BCUT2D eigenvalue weighted by Gasteiger charge is 2.11. The number of halogens is 1. The Hall–Kier alpha value is -3.19. The third-order valence-electron chi connectivity index (χ3n) is 3.59. The van der Waals surface area contributed by atoms with Gasteiger partial charge < -0.3 is 9.73 Å². The lowest BCUT2D eigenvalue weighted by Gasteiger charge is -2.04. The van der Waals surface area contributed by atoms with Crippen LogP contribution in [-0.2, 0) is 11.2 Å². The smallest absolute Gasteiger partial charge is 0.271 e. The quantitative estimate of drug-likeness (QED) is 0.509. The van der Waals surface area contributed by atoms with E-state index >= 15 is 0 Å². The summed E-state index contributed by atoms with van der Waals surface area (Å²) in [5, 5.41) is 14.0. The van der Waals surface area contributed by atoms with Crippen LogP contribution in [0.1, 0.15) is 12.3 Å². The molecule has 3 aromatic rings. The van der Waals surface area contributed by atoms with Gasteiger partial charge in [0.05, 0.1) is 11.1 Å². The van der Waals surface area contributed by atoms with Crippen LogP contribution in [0.15, 0.2) is 59.1 Å². The fourth-order valence-corrected chi connectivity index (χ4v) is 2.44. The summed E-state index contributed by atoms with van der Waals surface area (Å²) in [7, 11) is 0. The summed E-state index contributed by atoms with van der Waals surface area (Å²) in [5.74, 6) is 0.747. The minimum absolute atomic E-state index is 0.0805. The molecule has 0 aliphatic carbocycles. The maximum atomic E-state index is 12.0. The first-order chi connectivity index (χ1) is 12.5. The minimum atomic E-state index is -0.513. The maximum absolute atomic E-state index is 12.0.